The number of carbonyl (C=O) groups is 2. The summed E-state index contributed by atoms with van der Waals surface area (Å²) in [5, 5.41) is 6.18. The summed E-state index contributed by atoms with van der Waals surface area (Å²) in [6, 6.07) is 0.306. The van der Waals surface area contributed by atoms with Crippen LogP contribution in [0.2, 0.25) is 0 Å². The van der Waals surface area contributed by atoms with E-state index in [1.165, 1.54) is 0 Å². The molecule has 2 N–H and O–H groups in total. The van der Waals surface area contributed by atoms with Crippen molar-refractivity contribution in [3.8, 4) is 0 Å². The molecule has 5 heteroatoms. The van der Waals surface area contributed by atoms with Crippen LogP contribution in [-0.4, -0.2) is 48.4 Å². The number of hydrogen-bond acceptors (Lipinski definition) is 3. The van der Waals surface area contributed by atoms with Gasteiger partial charge in [0.25, 0.3) is 0 Å². The molecule has 19 heavy (non-hydrogen) atoms. The van der Waals surface area contributed by atoms with Crippen molar-refractivity contribution >= 4 is 11.8 Å². The van der Waals surface area contributed by atoms with E-state index in [-0.39, 0.29) is 17.9 Å². The average Bonchev–Trinajstić information content (AvgIpc) is 3.04. The molecule has 1 saturated carbocycles. The predicted molar refractivity (Wildman–Crippen MR) is 73.7 cm³/mol. The number of carbonyl (C=O) groups excluding carboxylic acids is 2. The van der Waals surface area contributed by atoms with E-state index in [0.717, 1.165) is 51.7 Å². The molecule has 1 atom stereocenters. The average molecular weight is 267 g/mol. The maximum absolute atomic E-state index is 12.0. The van der Waals surface area contributed by atoms with E-state index >= 15 is 0 Å². The Labute approximate surface area is 115 Å². The van der Waals surface area contributed by atoms with E-state index < -0.39 is 0 Å². The lowest BCUT2D eigenvalue weighted by Crippen LogP contribution is -2.44. The lowest BCUT2D eigenvalue weighted by atomic mass is 10.2. The van der Waals surface area contributed by atoms with E-state index in [1.807, 2.05) is 11.8 Å². The lowest BCUT2D eigenvalue weighted by Gasteiger charge is -2.21. The first-order valence-corrected chi connectivity index (χ1v) is 7.48. The van der Waals surface area contributed by atoms with Crippen molar-refractivity contribution in [2.24, 2.45) is 0 Å². The van der Waals surface area contributed by atoms with E-state index in [4.69, 9.17) is 0 Å². The molecule has 5 nitrogen and oxygen atoms in total. The highest BCUT2D eigenvalue weighted by molar-refractivity contribution is 5.81. The molecule has 1 aliphatic heterocycles. The van der Waals surface area contributed by atoms with Crippen molar-refractivity contribution in [1.29, 1.82) is 0 Å². The quantitative estimate of drug-likeness (QED) is 0.666. The monoisotopic (exact) mass is 267 g/mol. The van der Waals surface area contributed by atoms with Crippen LogP contribution < -0.4 is 10.6 Å². The van der Waals surface area contributed by atoms with Crippen LogP contribution in [0.25, 0.3) is 0 Å². The molecule has 1 saturated heterocycles. The molecule has 1 aliphatic carbocycles. The Morgan fingerprint density at radius 3 is 2.58 bits per heavy atom. The van der Waals surface area contributed by atoms with Gasteiger partial charge in [-0.25, -0.2) is 0 Å². The number of amides is 2. The van der Waals surface area contributed by atoms with E-state index in [2.05, 4.69) is 10.6 Å². The Morgan fingerprint density at radius 2 is 1.95 bits per heavy atom. The highest BCUT2D eigenvalue weighted by atomic mass is 16.2. The summed E-state index contributed by atoms with van der Waals surface area (Å²) in [6.45, 7) is 4.42. The van der Waals surface area contributed by atoms with Crippen molar-refractivity contribution in [2.75, 3.05) is 19.6 Å². The number of nitrogens with zero attached hydrogens (tertiary/aromatic N) is 1. The maximum Gasteiger partial charge on any atom is 0.239 e. The Bertz CT molecular complexity index is 323. The van der Waals surface area contributed by atoms with Crippen molar-refractivity contribution in [1.82, 2.24) is 15.5 Å². The van der Waals surface area contributed by atoms with Crippen LogP contribution in [-0.2, 0) is 9.59 Å². The third kappa shape index (κ3) is 4.82. The van der Waals surface area contributed by atoms with Gasteiger partial charge in [-0.15, -0.1) is 0 Å². The van der Waals surface area contributed by atoms with Gasteiger partial charge in [0.2, 0.25) is 11.8 Å². The first kappa shape index (κ1) is 14.3. The largest absolute Gasteiger partial charge is 0.353 e. The first-order valence-electron chi connectivity index (χ1n) is 7.48. The summed E-state index contributed by atoms with van der Waals surface area (Å²) in [5.41, 5.74) is 0. The number of nitrogens with one attached hydrogen (secondary N) is 2. The van der Waals surface area contributed by atoms with E-state index in [9.17, 15) is 9.59 Å². The van der Waals surface area contributed by atoms with Gasteiger partial charge in [0.15, 0.2) is 0 Å². The molecule has 0 bridgehead atoms. The summed E-state index contributed by atoms with van der Waals surface area (Å²) >= 11 is 0. The van der Waals surface area contributed by atoms with Gasteiger partial charge in [-0.3, -0.25) is 9.59 Å². The highest BCUT2D eigenvalue weighted by Gasteiger charge is 2.24. The fourth-order valence-electron chi connectivity index (χ4n) is 2.39. The lowest BCUT2D eigenvalue weighted by molar-refractivity contribution is -0.131. The van der Waals surface area contributed by atoms with Crippen molar-refractivity contribution in [3.63, 3.8) is 0 Å². The molecule has 0 radical (unpaired) electrons. The van der Waals surface area contributed by atoms with Crippen LogP contribution in [0.4, 0.5) is 0 Å². The van der Waals surface area contributed by atoms with Crippen LogP contribution in [0, 0.1) is 0 Å². The molecule has 0 aromatic heterocycles. The molecule has 0 aromatic rings. The van der Waals surface area contributed by atoms with Gasteiger partial charge in [-0.05, 0) is 45.6 Å². The van der Waals surface area contributed by atoms with Gasteiger partial charge in [0.05, 0.1) is 6.04 Å². The second-order valence-electron chi connectivity index (χ2n) is 5.65. The fraction of sp³-hybridized carbons (Fsp3) is 0.857. The van der Waals surface area contributed by atoms with Crippen molar-refractivity contribution in [3.05, 3.63) is 0 Å². The number of hydrogen-bond donors (Lipinski definition) is 2. The van der Waals surface area contributed by atoms with E-state index in [1.54, 1.807) is 0 Å². The second-order valence-corrected chi connectivity index (χ2v) is 5.65. The molecule has 1 unspecified atom stereocenters. The zero-order valence-electron chi connectivity index (χ0n) is 11.8. The highest BCUT2D eigenvalue weighted by Crippen LogP contribution is 2.18. The Hall–Kier alpha value is -1.10. The first-order chi connectivity index (χ1) is 9.16. The molecule has 1 heterocycles. The molecule has 2 rings (SSSR count). The molecular formula is C14H25N3O2. The van der Waals surface area contributed by atoms with Gasteiger partial charge in [-0.2, -0.15) is 0 Å². The van der Waals surface area contributed by atoms with Crippen LogP contribution in [0.5, 0.6) is 0 Å². The van der Waals surface area contributed by atoms with Crippen LogP contribution in [0.3, 0.4) is 0 Å². The van der Waals surface area contributed by atoms with Gasteiger partial charge in [0.1, 0.15) is 0 Å². The minimum Gasteiger partial charge on any atom is -0.353 e. The summed E-state index contributed by atoms with van der Waals surface area (Å²) in [5.74, 6) is 0.336. The summed E-state index contributed by atoms with van der Waals surface area (Å²) in [4.78, 5) is 25.4. The number of rotatable bonds is 7. The second kappa shape index (κ2) is 6.89. The summed E-state index contributed by atoms with van der Waals surface area (Å²) < 4.78 is 0. The van der Waals surface area contributed by atoms with Gasteiger partial charge < -0.3 is 15.5 Å². The Balaban J connectivity index is 1.53. The van der Waals surface area contributed by atoms with Crippen molar-refractivity contribution in [2.45, 2.75) is 57.5 Å². The van der Waals surface area contributed by atoms with Gasteiger partial charge in [-0.1, -0.05) is 0 Å². The third-order valence-corrected chi connectivity index (χ3v) is 3.76. The smallest absolute Gasteiger partial charge is 0.239 e. The minimum atomic E-state index is -0.135. The molecule has 2 fully saturated rings. The zero-order valence-corrected chi connectivity index (χ0v) is 11.8. The number of likely N-dealkylation sites (tertiary alicyclic amines) is 1. The summed E-state index contributed by atoms with van der Waals surface area (Å²) in [7, 11) is 0. The Morgan fingerprint density at radius 1 is 1.26 bits per heavy atom. The standard InChI is InChI=1S/C14H25N3O2/c1-11(14(19)17-9-2-3-10-17)15-8-4-5-13(18)16-12-6-7-12/h11-12,15H,2-10H2,1H3,(H,16,18). The van der Waals surface area contributed by atoms with E-state index in [0.29, 0.717) is 12.5 Å². The molecular weight excluding hydrogens is 242 g/mol. The van der Waals surface area contributed by atoms with Crippen LogP contribution >= 0.6 is 0 Å². The third-order valence-electron chi connectivity index (χ3n) is 3.76. The van der Waals surface area contributed by atoms with Crippen molar-refractivity contribution < 1.29 is 9.59 Å². The SMILES string of the molecule is CC(NCCCC(=O)NC1CC1)C(=O)N1CCCC1. The predicted octanol–water partition coefficient (Wildman–Crippen LogP) is 0.646. The zero-order chi connectivity index (χ0) is 13.7. The topological polar surface area (TPSA) is 61.4 Å². The maximum atomic E-state index is 12.0. The minimum absolute atomic E-state index is 0.135. The fourth-order valence-corrected chi connectivity index (χ4v) is 2.39. The molecule has 0 spiro atoms. The normalized spacial score (nSPS) is 20.4. The molecule has 2 amide bonds. The molecule has 0 aromatic carbocycles. The van der Waals surface area contributed by atoms with Crippen LogP contribution in [0.15, 0.2) is 0 Å². The molecule has 2 aliphatic rings. The van der Waals surface area contributed by atoms with Crippen LogP contribution in [0.1, 0.15) is 45.4 Å². The molecule has 108 valence electrons. The van der Waals surface area contributed by atoms with Gasteiger partial charge >= 0.3 is 0 Å². The van der Waals surface area contributed by atoms with Gasteiger partial charge in [0, 0.05) is 25.6 Å². The summed E-state index contributed by atoms with van der Waals surface area (Å²) in [6.07, 6.45) is 5.85. The Kier molecular flexibility index (Phi) is 5.19.